The van der Waals surface area contributed by atoms with Gasteiger partial charge in [-0.25, -0.2) is 17.7 Å². The van der Waals surface area contributed by atoms with Crippen molar-refractivity contribution in [2.45, 2.75) is 43.5 Å². The molecule has 33 heavy (non-hydrogen) atoms. The van der Waals surface area contributed by atoms with Crippen molar-refractivity contribution in [1.29, 1.82) is 0 Å². The van der Waals surface area contributed by atoms with Gasteiger partial charge < -0.3 is 19.4 Å². The number of aryl methyl sites for hydroxylation is 1. The summed E-state index contributed by atoms with van der Waals surface area (Å²) in [6.07, 6.45) is 4.25. The number of para-hydroxylation sites is 1. The highest BCUT2D eigenvalue weighted by molar-refractivity contribution is 7.89. The zero-order valence-corrected chi connectivity index (χ0v) is 20.2. The molecular formula is C21H27N5O5S2. The zero-order chi connectivity index (χ0) is 23.8. The number of aromatic nitrogens is 2. The molecule has 1 fully saturated rings. The number of H-pyrrole nitrogens is 1. The number of furan rings is 1. The molecule has 178 valence electrons. The van der Waals surface area contributed by atoms with Gasteiger partial charge in [0.1, 0.15) is 22.5 Å². The maximum absolute atomic E-state index is 12.5. The lowest BCUT2D eigenvalue weighted by molar-refractivity contribution is 0.358. The van der Waals surface area contributed by atoms with Gasteiger partial charge in [-0.2, -0.15) is 0 Å². The van der Waals surface area contributed by atoms with E-state index in [1.165, 1.54) is 32.3 Å². The highest BCUT2D eigenvalue weighted by Gasteiger charge is 2.29. The third-order valence-corrected chi connectivity index (χ3v) is 8.32. The second-order valence-corrected chi connectivity index (χ2v) is 11.3. The Morgan fingerprint density at radius 3 is 2.67 bits per heavy atom. The molecule has 0 spiro atoms. The Morgan fingerprint density at radius 2 is 2.03 bits per heavy atom. The van der Waals surface area contributed by atoms with Crippen LogP contribution in [0.2, 0.25) is 0 Å². The van der Waals surface area contributed by atoms with E-state index in [0.717, 1.165) is 41.5 Å². The Morgan fingerprint density at radius 1 is 1.30 bits per heavy atom. The first-order valence-electron chi connectivity index (χ1n) is 10.6. The van der Waals surface area contributed by atoms with Crippen LogP contribution in [0, 0.1) is 12.8 Å². The third kappa shape index (κ3) is 4.83. The Kier molecular flexibility index (Phi) is 6.61. The van der Waals surface area contributed by atoms with Gasteiger partial charge in [0.25, 0.3) is 0 Å². The van der Waals surface area contributed by atoms with E-state index < -0.39 is 26.9 Å². The summed E-state index contributed by atoms with van der Waals surface area (Å²) in [4.78, 5) is 4.56. The minimum atomic E-state index is -3.87. The van der Waals surface area contributed by atoms with Crippen molar-refractivity contribution in [3.8, 4) is 5.75 Å². The van der Waals surface area contributed by atoms with E-state index in [4.69, 9.17) is 9.41 Å². The average molecular weight is 494 g/mol. The van der Waals surface area contributed by atoms with E-state index in [-0.39, 0.29) is 33.8 Å². The van der Waals surface area contributed by atoms with Gasteiger partial charge in [0.05, 0.1) is 5.69 Å². The van der Waals surface area contributed by atoms with Crippen LogP contribution in [0.1, 0.15) is 43.2 Å². The fourth-order valence-electron chi connectivity index (χ4n) is 4.03. The number of rotatable bonds is 7. The number of phenolic OH excluding ortho intramolecular Hbond substituents is 1. The highest BCUT2D eigenvalue weighted by atomic mass is 32.2. The van der Waals surface area contributed by atoms with Crippen LogP contribution >= 0.6 is 11.1 Å². The number of anilines is 2. The Bertz CT molecular complexity index is 1300. The van der Waals surface area contributed by atoms with Gasteiger partial charge in [-0.05, 0) is 49.9 Å². The summed E-state index contributed by atoms with van der Waals surface area (Å²) in [6, 6.07) is 7.84. The summed E-state index contributed by atoms with van der Waals surface area (Å²) in [5, 5.41) is 13.5. The first-order chi connectivity index (χ1) is 15.7. The van der Waals surface area contributed by atoms with Gasteiger partial charge >= 0.3 is 0 Å². The molecule has 0 aliphatic heterocycles. The zero-order valence-electron chi connectivity index (χ0n) is 18.6. The standard InChI is InChI=1S/C21H27N5O5S2/c1-13-11-12-16(31-13)18(14-7-4-5-8-14)23-21-20(24-32(28)25-21)22-15-9-6-10-17(19(15)27)33(29,30)26(2)3/h6,9-12,14,18,27H,4-5,7-8H2,1-3H3,(H,22,24)(H,23,25)/t18-,32?/m1/s1. The summed E-state index contributed by atoms with van der Waals surface area (Å²) in [5.41, 5.74) is 0.371. The molecule has 1 unspecified atom stereocenters. The number of nitrogens with one attached hydrogen (secondary N) is 2. The van der Waals surface area contributed by atoms with Gasteiger partial charge in [0.15, 0.2) is 16.9 Å². The van der Waals surface area contributed by atoms with E-state index in [9.17, 15) is 18.1 Å². The summed E-state index contributed by atoms with van der Waals surface area (Å²) in [6.45, 7) is 1.87. The number of nitrogens with zero attached hydrogens (tertiary/aromatic N) is 3. The average Bonchev–Trinajstić information content (AvgIpc) is 3.49. The molecule has 2 heterocycles. The fourth-order valence-corrected chi connectivity index (χ4v) is 5.69. The molecule has 1 saturated carbocycles. The van der Waals surface area contributed by atoms with Crippen LogP contribution in [0.5, 0.6) is 5.75 Å². The number of phenols is 1. The molecule has 0 saturated heterocycles. The number of aromatic hydroxyl groups is 1. The smallest absolute Gasteiger partial charge is 0.246 e. The van der Waals surface area contributed by atoms with Gasteiger partial charge in [-0.1, -0.05) is 18.9 Å². The van der Waals surface area contributed by atoms with Gasteiger partial charge in [0.2, 0.25) is 21.3 Å². The Balaban J connectivity index is 1.75. The maximum Gasteiger partial charge on any atom is 0.246 e. The monoisotopic (exact) mass is 493 g/mol. The first kappa shape index (κ1) is 23.5. The molecule has 1 aliphatic rings. The molecule has 0 bridgehead atoms. The molecule has 0 amide bonds. The third-order valence-electron chi connectivity index (χ3n) is 5.76. The second kappa shape index (κ2) is 9.29. The van der Waals surface area contributed by atoms with Crippen molar-refractivity contribution in [2.24, 2.45) is 10.9 Å². The molecule has 1 aromatic carbocycles. The molecule has 3 N–H and O–H groups in total. The van der Waals surface area contributed by atoms with E-state index in [1.54, 1.807) is 0 Å². The van der Waals surface area contributed by atoms with Crippen LogP contribution in [0.4, 0.5) is 11.5 Å². The lowest BCUT2D eigenvalue weighted by Gasteiger charge is -2.17. The van der Waals surface area contributed by atoms with Gasteiger partial charge in [-0.15, -0.1) is 4.37 Å². The highest BCUT2D eigenvalue weighted by Crippen LogP contribution is 2.39. The predicted molar refractivity (Wildman–Crippen MR) is 123 cm³/mol. The SMILES string of the molecule is Cc1ccc([C@H](N=c2[nH][s+]([O-])nc2Nc2cccc(S(=O)(=O)N(C)C)c2O)C2CCCC2)o1. The lowest BCUT2D eigenvalue weighted by Crippen LogP contribution is -2.22. The largest absolute Gasteiger partial charge is 0.548 e. The van der Waals surface area contributed by atoms with E-state index >= 15 is 0 Å². The van der Waals surface area contributed by atoms with Crippen LogP contribution in [0.15, 0.2) is 44.6 Å². The summed E-state index contributed by atoms with van der Waals surface area (Å²) >= 11 is -1.76. The molecule has 12 heteroatoms. The Hall–Kier alpha value is -2.67. The number of hydrogen-bond acceptors (Lipinski definition) is 8. The predicted octanol–water partition coefficient (Wildman–Crippen LogP) is 3.57. The minimum Gasteiger partial charge on any atom is -0.548 e. The van der Waals surface area contributed by atoms with Crippen LogP contribution in [-0.4, -0.2) is 45.2 Å². The second-order valence-electron chi connectivity index (χ2n) is 8.27. The van der Waals surface area contributed by atoms with E-state index in [0.29, 0.717) is 0 Å². The quantitative estimate of drug-likeness (QED) is 0.337. The summed E-state index contributed by atoms with van der Waals surface area (Å²) in [7, 11) is -1.10. The van der Waals surface area contributed by atoms with Gasteiger partial charge in [0, 0.05) is 18.5 Å². The van der Waals surface area contributed by atoms with Crippen molar-refractivity contribution in [3.05, 3.63) is 47.3 Å². The Labute approximate surface area is 195 Å². The molecule has 2 aromatic heterocycles. The molecule has 0 radical (unpaired) electrons. The first-order valence-corrected chi connectivity index (χ1v) is 13.1. The van der Waals surface area contributed by atoms with Gasteiger partial charge in [-0.3, -0.25) is 0 Å². The minimum absolute atomic E-state index is 0.108. The van der Waals surface area contributed by atoms with E-state index in [1.807, 2.05) is 19.1 Å². The van der Waals surface area contributed by atoms with E-state index in [2.05, 4.69) is 14.1 Å². The van der Waals surface area contributed by atoms with Crippen LogP contribution in [0.3, 0.4) is 0 Å². The number of benzene rings is 1. The molecular weight excluding hydrogens is 466 g/mol. The topological polar surface area (TPSA) is 147 Å². The lowest BCUT2D eigenvalue weighted by atomic mass is 9.96. The summed E-state index contributed by atoms with van der Waals surface area (Å²) in [5.74, 6) is 1.48. The number of sulfonamides is 1. The molecule has 2 atom stereocenters. The number of aromatic amines is 1. The molecule has 4 rings (SSSR count). The molecule has 1 aliphatic carbocycles. The fraction of sp³-hybridized carbons (Fsp3) is 0.429. The van der Waals surface area contributed by atoms with Crippen molar-refractivity contribution < 1.29 is 22.5 Å². The van der Waals surface area contributed by atoms with Crippen molar-refractivity contribution in [2.75, 3.05) is 19.4 Å². The van der Waals surface area contributed by atoms with Crippen molar-refractivity contribution in [3.63, 3.8) is 0 Å². The normalized spacial score (nSPS) is 17.1. The van der Waals surface area contributed by atoms with Crippen molar-refractivity contribution in [1.82, 2.24) is 13.1 Å². The van der Waals surface area contributed by atoms with Crippen molar-refractivity contribution >= 4 is 32.7 Å². The maximum atomic E-state index is 12.5. The van der Waals surface area contributed by atoms with Crippen LogP contribution in [0.25, 0.3) is 0 Å². The summed E-state index contributed by atoms with van der Waals surface area (Å²) < 4.78 is 50.9. The molecule has 3 aromatic rings. The van der Waals surface area contributed by atoms with Crippen LogP contribution < -0.4 is 10.8 Å². The van der Waals surface area contributed by atoms with Crippen LogP contribution in [-0.2, 0) is 10.0 Å². The molecule has 10 nitrogen and oxygen atoms in total. The number of hydrogen-bond donors (Lipinski definition) is 3.